The smallest absolute Gasteiger partial charge is 0.414 e. The van der Waals surface area contributed by atoms with Gasteiger partial charge in [-0.15, -0.1) is 11.3 Å². The van der Waals surface area contributed by atoms with Gasteiger partial charge in [0.2, 0.25) is 0 Å². The first kappa shape index (κ1) is 20.6. The molecule has 0 saturated carbocycles. The highest BCUT2D eigenvalue weighted by Crippen LogP contribution is 2.26. The van der Waals surface area contributed by atoms with Gasteiger partial charge in [0.25, 0.3) is 5.91 Å². The fraction of sp³-hybridized carbons (Fsp3) is 0.350. The van der Waals surface area contributed by atoms with Crippen molar-refractivity contribution in [2.45, 2.75) is 6.10 Å². The molecule has 0 spiro atoms. The zero-order valence-electron chi connectivity index (χ0n) is 16.3. The van der Waals surface area contributed by atoms with Crippen LogP contribution in [-0.4, -0.2) is 63.8 Å². The number of cyclic esters (lactones) is 1. The SMILES string of the molecule is COCC1=NCCN1c1ccc(N2C[C@H](CNC(=O)c3ccc(Cl)s3)OC2=O)cc1. The van der Waals surface area contributed by atoms with Crippen LogP contribution in [-0.2, 0) is 9.47 Å². The third-order valence-corrected chi connectivity index (χ3v) is 6.07. The van der Waals surface area contributed by atoms with E-state index in [1.165, 1.54) is 11.3 Å². The molecule has 0 unspecified atom stereocenters. The van der Waals surface area contributed by atoms with Crippen LogP contribution in [0.5, 0.6) is 0 Å². The Labute approximate surface area is 183 Å². The number of amidine groups is 1. The van der Waals surface area contributed by atoms with Gasteiger partial charge in [0.05, 0.1) is 28.8 Å². The maximum atomic E-state index is 12.3. The number of benzene rings is 1. The van der Waals surface area contributed by atoms with E-state index in [-0.39, 0.29) is 12.5 Å². The summed E-state index contributed by atoms with van der Waals surface area (Å²) < 4.78 is 11.2. The summed E-state index contributed by atoms with van der Waals surface area (Å²) in [6.07, 6.45) is -0.848. The first-order valence-corrected chi connectivity index (χ1v) is 10.7. The van der Waals surface area contributed by atoms with E-state index >= 15 is 0 Å². The highest BCUT2D eigenvalue weighted by atomic mass is 35.5. The Balaban J connectivity index is 1.35. The summed E-state index contributed by atoms with van der Waals surface area (Å²) in [6.45, 7) is 2.61. The minimum Gasteiger partial charge on any atom is -0.442 e. The Bertz CT molecular complexity index is 962. The van der Waals surface area contributed by atoms with E-state index in [2.05, 4.69) is 15.2 Å². The molecule has 10 heteroatoms. The van der Waals surface area contributed by atoms with Gasteiger partial charge in [0, 0.05) is 25.0 Å². The second-order valence-electron chi connectivity index (χ2n) is 6.83. The first-order valence-electron chi connectivity index (χ1n) is 9.46. The summed E-state index contributed by atoms with van der Waals surface area (Å²) in [6, 6.07) is 11.0. The minimum absolute atomic E-state index is 0.232. The van der Waals surface area contributed by atoms with Crippen molar-refractivity contribution in [2.75, 3.05) is 49.7 Å². The quantitative estimate of drug-likeness (QED) is 0.704. The standard InChI is InChI=1S/C20H21ClN4O4S/c1-28-12-18-22-8-9-24(18)13-2-4-14(5-3-13)25-11-15(29-20(25)27)10-23-19(26)16-6-7-17(21)30-16/h2-7,15H,8-12H2,1H3,(H,23,26)/t15-/m0/s1. The Hall–Kier alpha value is -2.62. The summed E-state index contributed by atoms with van der Waals surface area (Å²) in [5.41, 5.74) is 1.74. The molecule has 1 fully saturated rings. The minimum atomic E-state index is -0.427. The van der Waals surface area contributed by atoms with Crippen molar-refractivity contribution in [1.82, 2.24) is 5.32 Å². The lowest BCUT2D eigenvalue weighted by Crippen LogP contribution is -2.34. The maximum absolute atomic E-state index is 12.3. The topological polar surface area (TPSA) is 83.5 Å². The van der Waals surface area contributed by atoms with Gasteiger partial charge in [-0.05, 0) is 36.4 Å². The van der Waals surface area contributed by atoms with Crippen LogP contribution in [0, 0.1) is 0 Å². The van der Waals surface area contributed by atoms with E-state index in [0.717, 1.165) is 30.3 Å². The molecule has 2 amide bonds. The Kier molecular flexibility index (Phi) is 6.21. The van der Waals surface area contributed by atoms with Gasteiger partial charge in [-0.3, -0.25) is 14.7 Å². The number of carbonyl (C=O) groups is 2. The molecular formula is C20H21ClN4O4S. The van der Waals surface area contributed by atoms with Crippen LogP contribution in [0.2, 0.25) is 4.34 Å². The van der Waals surface area contributed by atoms with Gasteiger partial charge in [-0.25, -0.2) is 4.79 Å². The molecule has 2 aliphatic rings. The van der Waals surface area contributed by atoms with Crippen molar-refractivity contribution in [3.63, 3.8) is 0 Å². The van der Waals surface area contributed by atoms with E-state index in [4.69, 9.17) is 21.1 Å². The molecule has 158 valence electrons. The summed E-state index contributed by atoms with van der Waals surface area (Å²) in [4.78, 5) is 33.1. The summed E-state index contributed by atoms with van der Waals surface area (Å²) in [5, 5.41) is 2.79. The molecule has 30 heavy (non-hydrogen) atoms. The van der Waals surface area contributed by atoms with E-state index < -0.39 is 12.2 Å². The molecule has 1 aromatic heterocycles. The van der Waals surface area contributed by atoms with Crippen LogP contribution in [0.3, 0.4) is 0 Å². The number of ether oxygens (including phenoxy) is 2. The number of carbonyl (C=O) groups excluding carboxylic acids is 2. The van der Waals surface area contributed by atoms with Crippen LogP contribution in [0.4, 0.5) is 16.2 Å². The largest absolute Gasteiger partial charge is 0.442 e. The molecule has 3 heterocycles. The lowest BCUT2D eigenvalue weighted by Gasteiger charge is -2.21. The van der Waals surface area contributed by atoms with Gasteiger partial charge < -0.3 is 19.7 Å². The van der Waals surface area contributed by atoms with Gasteiger partial charge in [0.1, 0.15) is 18.5 Å². The molecule has 0 bridgehead atoms. The number of nitrogens with zero attached hydrogens (tertiary/aromatic N) is 3. The van der Waals surface area contributed by atoms with Gasteiger partial charge in [-0.2, -0.15) is 0 Å². The fourth-order valence-corrected chi connectivity index (χ4v) is 4.36. The number of nitrogens with one attached hydrogen (secondary N) is 1. The average Bonchev–Trinajstić information content (AvgIpc) is 3.47. The van der Waals surface area contributed by atoms with E-state index in [0.29, 0.717) is 22.4 Å². The van der Waals surface area contributed by atoms with Crippen molar-refractivity contribution in [2.24, 2.45) is 4.99 Å². The van der Waals surface area contributed by atoms with E-state index in [1.54, 1.807) is 24.1 Å². The molecule has 0 radical (unpaired) electrons. The maximum Gasteiger partial charge on any atom is 0.414 e. The second kappa shape index (κ2) is 9.03. The zero-order valence-corrected chi connectivity index (χ0v) is 17.9. The number of hydrogen-bond donors (Lipinski definition) is 1. The Morgan fingerprint density at radius 3 is 2.67 bits per heavy atom. The predicted octanol–water partition coefficient (Wildman–Crippen LogP) is 3.02. The van der Waals surface area contributed by atoms with Crippen molar-refractivity contribution >= 4 is 52.1 Å². The molecule has 4 rings (SSSR count). The zero-order chi connectivity index (χ0) is 21.1. The molecule has 8 nitrogen and oxygen atoms in total. The van der Waals surface area contributed by atoms with Crippen molar-refractivity contribution in [3.8, 4) is 0 Å². The summed E-state index contributed by atoms with van der Waals surface area (Å²) in [7, 11) is 1.65. The van der Waals surface area contributed by atoms with E-state index in [1.807, 2.05) is 24.3 Å². The van der Waals surface area contributed by atoms with Gasteiger partial charge in [0.15, 0.2) is 0 Å². The number of thiophene rings is 1. The van der Waals surface area contributed by atoms with Crippen LogP contribution in [0.15, 0.2) is 41.4 Å². The van der Waals surface area contributed by atoms with Gasteiger partial charge in [-0.1, -0.05) is 11.6 Å². The first-order chi connectivity index (χ1) is 14.5. The Morgan fingerprint density at radius 2 is 2.00 bits per heavy atom. The normalized spacial score (nSPS) is 18.5. The number of hydrogen-bond acceptors (Lipinski definition) is 7. The number of aliphatic imine (C=N–C) groups is 1. The van der Waals surface area contributed by atoms with Crippen LogP contribution >= 0.6 is 22.9 Å². The third kappa shape index (κ3) is 4.43. The Morgan fingerprint density at radius 1 is 1.27 bits per heavy atom. The van der Waals surface area contributed by atoms with Crippen molar-refractivity contribution < 1.29 is 19.1 Å². The highest BCUT2D eigenvalue weighted by Gasteiger charge is 2.32. The van der Waals surface area contributed by atoms with Crippen LogP contribution < -0.4 is 15.1 Å². The molecule has 1 atom stereocenters. The van der Waals surface area contributed by atoms with Crippen molar-refractivity contribution in [3.05, 3.63) is 45.6 Å². The molecule has 1 N–H and O–H groups in total. The molecule has 0 aliphatic carbocycles. The second-order valence-corrected chi connectivity index (χ2v) is 8.54. The van der Waals surface area contributed by atoms with Gasteiger partial charge >= 0.3 is 6.09 Å². The predicted molar refractivity (Wildman–Crippen MR) is 117 cm³/mol. The molecule has 1 aromatic carbocycles. The molecular weight excluding hydrogens is 428 g/mol. The van der Waals surface area contributed by atoms with Crippen molar-refractivity contribution in [1.29, 1.82) is 0 Å². The number of anilines is 2. The fourth-order valence-electron chi connectivity index (χ4n) is 3.41. The highest BCUT2D eigenvalue weighted by molar-refractivity contribution is 7.18. The molecule has 2 aromatic rings. The number of amides is 2. The summed E-state index contributed by atoms with van der Waals surface area (Å²) >= 11 is 7.07. The van der Waals surface area contributed by atoms with E-state index in [9.17, 15) is 9.59 Å². The lowest BCUT2D eigenvalue weighted by molar-refractivity contribution is 0.0920. The number of halogens is 1. The van der Waals surface area contributed by atoms with Crippen LogP contribution in [0.25, 0.3) is 0 Å². The number of rotatable bonds is 7. The third-order valence-electron chi connectivity index (χ3n) is 4.84. The summed E-state index contributed by atoms with van der Waals surface area (Å²) in [5.74, 6) is 0.665. The molecule has 2 aliphatic heterocycles. The molecule has 1 saturated heterocycles. The lowest BCUT2D eigenvalue weighted by atomic mass is 10.2. The monoisotopic (exact) mass is 448 g/mol. The average molecular weight is 449 g/mol. The van der Waals surface area contributed by atoms with Crippen LogP contribution in [0.1, 0.15) is 9.67 Å². The number of methoxy groups -OCH3 is 1.